The summed E-state index contributed by atoms with van der Waals surface area (Å²) >= 11 is 0. The standard InChI is InChI=1S/C19H16N4O.C2H6/c1-24-17-5-3-2-4-14(17)16-11-23-19-15(16)8-13(10-22-19)12-6-7-21-18(20)9-12;1-2/h2-11H,1H3,(H2,20,21)(H,22,23);1-2H3. The van der Waals surface area contributed by atoms with Crippen LogP contribution in [0.2, 0.25) is 0 Å². The van der Waals surface area contributed by atoms with Crippen LogP contribution in [-0.2, 0) is 0 Å². The average molecular weight is 346 g/mol. The highest BCUT2D eigenvalue weighted by Crippen LogP contribution is 2.35. The van der Waals surface area contributed by atoms with E-state index in [0.717, 1.165) is 39.0 Å². The van der Waals surface area contributed by atoms with Gasteiger partial charge < -0.3 is 15.5 Å². The molecule has 0 fully saturated rings. The van der Waals surface area contributed by atoms with Crippen LogP contribution in [-0.4, -0.2) is 22.1 Å². The Morgan fingerprint density at radius 1 is 0.962 bits per heavy atom. The molecule has 0 radical (unpaired) electrons. The van der Waals surface area contributed by atoms with Gasteiger partial charge in [0.05, 0.1) is 7.11 Å². The number of aromatic amines is 1. The van der Waals surface area contributed by atoms with Crippen molar-refractivity contribution in [2.24, 2.45) is 0 Å². The monoisotopic (exact) mass is 346 g/mol. The Labute approximate surface area is 152 Å². The van der Waals surface area contributed by atoms with Crippen molar-refractivity contribution in [1.29, 1.82) is 0 Å². The summed E-state index contributed by atoms with van der Waals surface area (Å²) in [6.45, 7) is 4.00. The van der Waals surface area contributed by atoms with Crippen LogP contribution in [0.15, 0.2) is 61.1 Å². The van der Waals surface area contributed by atoms with Crippen molar-refractivity contribution in [2.75, 3.05) is 12.8 Å². The summed E-state index contributed by atoms with van der Waals surface area (Å²) in [5, 5.41) is 1.03. The third-order valence-corrected chi connectivity index (χ3v) is 4.04. The fourth-order valence-electron chi connectivity index (χ4n) is 2.88. The molecular formula is C21H22N4O. The summed E-state index contributed by atoms with van der Waals surface area (Å²) in [7, 11) is 1.68. The van der Waals surface area contributed by atoms with Crippen LogP contribution >= 0.6 is 0 Å². The molecule has 4 aromatic rings. The lowest BCUT2D eigenvalue weighted by Crippen LogP contribution is -1.90. The van der Waals surface area contributed by atoms with E-state index in [1.807, 2.05) is 62.6 Å². The topological polar surface area (TPSA) is 76.8 Å². The second-order valence-corrected chi connectivity index (χ2v) is 5.49. The van der Waals surface area contributed by atoms with E-state index < -0.39 is 0 Å². The van der Waals surface area contributed by atoms with E-state index in [9.17, 15) is 0 Å². The smallest absolute Gasteiger partial charge is 0.137 e. The van der Waals surface area contributed by atoms with Gasteiger partial charge in [-0.25, -0.2) is 9.97 Å². The molecule has 0 aliphatic rings. The molecule has 0 atom stereocenters. The number of rotatable bonds is 3. The number of methoxy groups -OCH3 is 1. The van der Waals surface area contributed by atoms with Crippen LogP contribution in [0.3, 0.4) is 0 Å². The lowest BCUT2D eigenvalue weighted by Gasteiger charge is -2.08. The number of nitrogen functional groups attached to an aromatic ring is 1. The second kappa shape index (κ2) is 7.70. The van der Waals surface area contributed by atoms with E-state index in [4.69, 9.17) is 10.5 Å². The first-order valence-corrected chi connectivity index (χ1v) is 8.58. The number of hydrogen-bond donors (Lipinski definition) is 2. The Bertz CT molecular complexity index is 1020. The zero-order valence-corrected chi connectivity index (χ0v) is 15.2. The number of para-hydroxylation sites is 1. The molecule has 0 unspecified atom stereocenters. The zero-order chi connectivity index (χ0) is 18.5. The van der Waals surface area contributed by atoms with Crippen molar-refractivity contribution in [2.45, 2.75) is 13.8 Å². The van der Waals surface area contributed by atoms with Gasteiger partial charge in [0.25, 0.3) is 0 Å². The van der Waals surface area contributed by atoms with Gasteiger partial charge in [-0.1, -0.05) is 32.0 Å². The molecule has 0 bridgehead atoms. The maximum absolute atomic E-state index is 5.79. The van der Waals surface area contributed by atoms with Gasteiger partial charge in [-0.2, -0.15) is 0 Å². The van der Waals surface area contributed by atoms with Crippen LogP contribution in [0.4, 0.5) is 5.82 Å². The summed E-state index contributed by atoms with van der Waals surface area (Å²) in [5.74, 6) is 1.32. The molecule has 0 saturated carbocycles. The number of fused-ring (bicyclic) bond motifs is 1. The van der Waals surface area contributed by atoms with Gasteiger partial charge in [-0.15, -0.1) is 0 Å². The van der Waals surface area contributed by atoms with Gasteiger partial charge >= 0.3 is 0 Å². The fraction of sp³-hybridized carbons (Fsp3) is 0.143. The lowest BCUT2D eigenvalue weighted by molar-refractivity contribution is 0.416. The highest BCUT2D eigenvalue weighted by Gasteiger charge is 2.12. The predicted octanol–water partition coefficient (Wildman–Crippen LogP) is 4.91. The molecule has 26 heavy (non-hydrogen) atoms. The van der Waals surface area contributed by atoms with Crippen molar-refractivity contribution < 1.29 is 4.74 Å². The minimum atomic E-state index is 0.492. The van der Waals surface area contributed by atoms with Crippen molar-refractivity contribution in [3.63, 3.8) is 0 Å². The normalized spacial score (nSPS) is 10.3. The summed E-state index contributed by atoms with van der Waals surface area (Å²) < 4.78 is 5.49. The van der Waals surface area contributed by atoms with Crippen LogP contribution < -0.4 is 10.5 Å². The van der Waals surface area contributed by atoms with Gasteiger partial charge in [-0.3, -0.25) is 0 Å². The summed E-state index contributed by atoms with van der Waals surface area (Å²) in [4.78, 5) is 11.8. The van der Waals surface area contributed by atoms with Gasteiger partial charge in [0, 0.05) is 40.7 Å². The zero-order valence-electron chi connectivity index (χ0n) is 15.2. The number of anilines is 1. The van der Waals surface area contributed by atoms with Crippen LogP contribution in [0.1, 0.15) is 13.8 Å². The minimum Gasteiger partial charge on any atom is -0.496 e. The summed E-state index contributed by atoms with van der Waals surface area (Å²) in [6, 6.07) is 13.8. The number of pyridine rings is 2. The number of H-pyrrole nitrogens is 1. The Morgan fingerprint density at radius 2 is 1.77 bits per heavy atom. The fourth-order valence-corrected chi connectivity index (χ4v) is 2.88. The van der Waals surface area contributed by atoms with Gasteiger partial charge in [0.2, 0.25) is 0 Å². The van der Waals surface area contributed by atoms with E-state index in [0.29, 0.717) is 5.82 Å². The van der Waals surface area contributed by atoms with Crippen molar-refractivity contribution in [1.82, 2.24) is 15.0 Å². The van der Waals surface area contributed by atoms with Crippen LogP contribution in [0, 0.1) is 0 Å². The van der Waals surface area contributed by atoms with Gasteiger partial charge in [0.1, 0.15) is 17.2 Å². The molecule has 0 aliphatic heterocycles. The Kier molecular flexibility index (Phi) is 5.17. The second-order valence-electron chi connectivity index (χ2n) is 5.49. The highest BCUT2D eigenvalue weighted by molar-refractivity contribution is 5.97. The number of benzene rings is 1. The molecule has 0 amide bonds. The van der Waals surface area contributed by atoms with Crippen LogP contribution in [0.25, 0.3) is 33.3 Å². The third-order valence-electron chi connectivity index (χ3n) is 4.04. The third kappa shape index (κ3) is 3.24. The molecule has 5 heteroatoms. The van der Waals surface area contributed by atoms with E-state index >= 15 is 0 Å². The van der Waals surface area contributed by atoms with Crippen molar-refractivity contribution in [3.8, 4) is 28.0 Å². The highest BCUT2D eigenvalue weighted by atomic mass is 16.5. The summed E-state index contributed by atoms with van der Waals surface area (Å²) in [6.07, 6.45) is 5.49. The number of ether oxygens (including phenoxy) is 1. The molecule has 0 spiro atoms. The molecule has 0 saturated heterocycles. The Balaban J connectivity index is 0.000000948. The Hall–Kier alpha value is -3.34. The average Bonchev–Trinajstić information content (AvgIpc) is 3.12. The first-order chi connectivity index (χ1) is 12.8. The molecule has 4 rings (SSSR count). The molecule has 132 valence electrons. The maximum Gasteiger partial charge on any atom is 0.137 e. The number of aromatic nitrogens is 3. The molecule has 3 heterocycles. The maximum atomic E-state index is 5.79. The van der Waals surface area contributed by atoms with Crippen LogP contribution in [0.5, 0.6) is 5.75 Å². The first kappa shape index (κ1) is 17.5. The van der Waals surface area contributed by atoms with Crippen molar-refractivity contribution in [3.05, 3.63) is 61.1 Å². The number of nitrogens with one attached hydrogen (secondary N) is 1. The van der Waals surface area contributed by atoms with E-state index in [2.05, 4.69) is 21.0 Å². The lowest BCUT2D eigenvalue weighted by atomic mass is 10.0. The minimum absolute atomic E-state index is 0.492. The molecule has 5 nitrogen and oxygen atoms in total. The van der Waals surface area contributed by atoms with E-state index in [1.165, 1.54) is 0 Å². The SMILES string of the molecule is CC.COc1ccccc1-c1c[nH]c2ncc(-c3ccnc(N)c3)cc12. The van der Waals surface area contributed by atoms with E-state index in [1.54, 1.807) is 13.3 Å². The van der Waals surface area contributed by atoms with Gasteiger partial charge in [-0.05, 0) is 29.8 Å². The summed E-state index contributed by atoms with van der Waals surface area (Å²) in [5.41, 5.74) is 10.7. The Morgan fingerprint density at radius 3 is 2.54 bits per heavy atom. The predicted molar refractivity (Wildman–Crippen MR) is 107 cm³/mol. The first-order valence-electron chi connectivity index (χ1n) is 8.58. The number of nitrogens with zero attached hydrogens (tertiary/aromatic N) is 2. The van der Waals surface area contributed by atoms with Crippen molar-refractivity contribution >= 4 is 16.9 Å². The number of nitrogens with two attached hydrogens (primary N) is 1. The molecule has 1 aromatic carbocycles. The molecule has 3 aromatic heterocycles. The molecule has 3 N–H and O–H groups in total. The molecular weight excluding hydrogens is 324 g/mol. The van der Waals surface area contributed by atoms with Gasteiger partial charge in [0.15, 0.2) is 0 Å². The van der Waals surface area contributed by atoms with E-state index in [-0.39, 0.29) is 0 Å². The molecule has 0 aliphatic carbocycles. The number of hydrogen-bond acceptors (Lipinski definition) is 4. The quantitative estimate of drug-likeness (QED) is 0.552. The largest absolute Gasteiger partial charge is 0.496 e.